The molecule has 0 spiro atoms. The maximum Gasteiger partial charge on any atom is 0.188 e. The van der Waals surface area contributed by atoms with Gasteiger partial charge in [0.2, 0.25) is 0 Å². The summed E-state index contributed by atoms with van der Waals surface area (Å²) in [5.41, 5.74) is 12.4. The minimum Gasteiger partial charge on any atom is -0.310 e. The molecule has 0 N–H and O–H groups in total. The minimum atomic E-state index is 0.440. The van der Waals surface area contributed by atoms with Crippen LogP contribution in [0, 0.1) is 17.9 Å². The highest BCUT2D eigenvalue weighted by Crippen LogP contribution is 2.42. The third-order valence-electron chi connectivity index (χ3n) is 10.5. The third kappa shape index (κ3) is 5.23. The van der Waals surface area contributed by atoms with Gasteiger partial charge in [-0.2, -0.15) is 5.26 Å². The van der Waals surface area contributed by atoms with E-state index in [-0.39, 0.29) is 0 Å². The van der Waals surface area contributed by atoms with E-state index < -0.39 is 0 Å². The second kappa shape index (κ2) is 13.0. The number of aromatic nitrogens is 2. The normalized spacial score (nSPS) is 11.2. The number of nitriles is 1. The van der Waals surface area contributed by atoms with E-state index in [0.29, 0.717) is 11.3 Å². The Morgan fingerprint density at radius 3 is 1.75 bits per heavy atom. The van der Waals surface area contributed by atoms with Crippen LogP contribution in [0.5, 0.6) is 0 Å². The Hall–Kier alpha value is -7.86. The van der Waals surface area contributed by atoms with Crippen LogP contribution < -0.4 is 4.90 Å². The number of anilines is 3. The molecule has 0 bridgehead atoms. The van der Waals surface area contributed by atoms with Crippen LogP contribution in [-0.2, 0) is 0 Å². The highest BCUT2D eigenvalue weighted by Gasteiger charge is 2.20. The first-order valence-corrected chi connectivity index (χ1v) is 18.2. The standard InChI is InChI=1S/C50H31N5/c1-52-37-23-27-46(36(29-37)33-51)55-48-26-22-34(35-21-25-43-42-19-11-12-20-47(42)54(50(43)31-35)40-17-9-4-10-18-40)30-44(48)45-32-41(24-28-49(45)55)53(38-13-5-2-6-14-38)39-15-7-3-8-16-39/h2-32H. The van der Waals surface area contributed by atoms with Gasteiger partial charge in [-0.05, 0) is 102 Å². The van der Waals surface area contributed by atoms with Gasteiger partial charge in [-0.3, -0.25) is 0 Å². The molecule has 10 aromatic rings. The van der Waals surface area contributed by atoms with E-state index in [1.807, 2.05) is 18.2 Å². The lowest BCUT2D eigenvalue weighted by atomic mass is 10.0. The molecular weight excluding hydrogens is 671 g/mol. The summed E-state index contributed by atoms with van der Waals surface area (Å²) in [5.74, 6) is 0. The van der Waals surface area contributed by atoms with Crippen LogP contribution in [0.15, 0.2) is 188 Å². The van der Waals surface area contributed by atoms with Gasteiger partial charge in [0, 0.05) is 44.3 Å². The van der Waals surface area contributed by atoms with Crippen LogP contribution in [0.2, 0.25) is 0 Å². The summed E-state index contributed by atoms with van der Waals surface area (Å²) in [6.45, 7) is 7.58. The number of hydrogen-bond acceptors (Lipinski definition) is 2. The molecule has 0 aliphatic rings. The van der Waals surface area contributed by atoms with Gasteiger partial charge in [0.05, 0.1) is 46.0 Å². The molecule has 2 aromatic heterocycles. The Morgan fingerprint density at radius 1 is 0.455 bits per heavy atom. The van der Waals surface area contributed by atoms with E-state index in [4.69, 9.17) is 6.57 Å². The van der Waals surface area contributed by atoms with E-state index in [1.54, 1.807) is 12.1 Å². The van der Waals surface area contributed by atoms with E-state index in [1.165, 1.54) is 16.3 Å². The minimum absolute atomic E-state index is 0.440. The van der Waals surface area contributed by atoms with Crippen LogP contribution in [0.4, 0.5) is 22.7 Å². The van der Waals surface area contributed by atoms with Crippen molar-refractivity contribution in [3.8, 4) is 28.6 Å². The molecule has 0 aliphatic carbocycles. The van der Waals surface area contributed by atoms with Crippen molar-refractivity contribution in [2.75, 3.05) is 4.90 Å². The van der Waals surface area contributed by atoms with Crippen LogP contribution in [0.1, 0.15) is 5.56 Å². The number of hydrogen-bond donors (Lipinski definition) is 0. The SMILES string of the molecule is [C-]#[N+]c1ccc(-n2c3ccc(-c4ccc5c6ccccc6n(-c6ccccc6)c5c4)cc3c3cc(N(c4ccccc4)c4ccccc4)ccc32)c(C#N)c1. The zero-order valence-corrected chi connectivity index (χ0v) is 29.6. The van der Waals surface area contributed by atoms with Crippen LogP contribution >= 0.6 is 0 Å². The van der Waals surface area contributed by atoms with Crippen molar-refractivity contribution in [3.05, 3.63) is 205 Å². The molecule has 5 nitrogen and oxygen atoms in total. The van der Waals surface area contributed by atoms with Crippen molar-refractivity contribution in [3.63, 3.8) is 0 Å². The molecule has 0 fully saturated rings. The highest BCUT2D eigenvalue weighted by molar-refractivity contribution is 6.13. The van der Waals surface area contributed by atoms with Gasteiger partial charge in [0.15, 0.2) is 5.69 Å². The van der Waals surface area contributed by atoms with Gasteiger partial charge in [-0.15, -0.1) is 0 Å². The predicted octanol–water partition coefficient (Wildman–Crippen LogP) is 13.4. The van der Waals surface area contributed by atoms with Gasteiger partial charge in [-0.1, -0.05) is 97.1 Å². The van der Waals surface area contributed by atoms with Crippen molar-refractivity contribution in [1.29, 1.82) is 5.26 Å². The topological polar surface area (TPSA) is 41.2 Å². The molecule has 0 unspecified atom stereocenters. The molecular formula is C50H31N5. The number of fused-ring (bicyclic) bond motifs is 6. The fourth-order valence-electron chi connectivity index (χ4n) is 8.07. The monoisotopic (exact) mass is 701 g/mol. The van der Waals surface area contributed by atoms with E-state index in [2.05, 4.69) is 183 Å². The fourth-order valence-corrected chi connectivity index (χ4v) is 8.07. The second-order valence-electron chi connectivity index (χ2n) is 13.6. The Labute approximate surface area is 318 Å². The summed E-state index contributed by atoms with van der Waals surface area (Å²) in [5, 5.41) is 14.9. The number of benzene rings is 8. The van der Waals surface area contributed by atoms with Crippen LogP contribution in [-0.4, -0.2) is 9.13 Å². The number of rotatable bonds is 6. The van der Waals surface area contributed by atoms with Crippen molar-refractivity contribution in [2.24, 2.45) is 0 Å². The molecule has 0 atom stereocenters. The zero-order chi connectivity index (χ0) is 36.9. The molecule has 0 saturated carbocycles. The van der Waals surface area contributed by atoms with E-state index in [9.17, 15) is 5.26 Å². The maximum absolute atomic E-state index is 10.3. The average molecular weight is 702 g/mol. The van der Waals surface area contributed by atoms with Gasteiger partial charge in [0.25, 0.3) is 0 Å². The number of nitrogens with zero attached hydrogens (tertiary/aromatic N) is 5. The molecule has 55 heavy (non-hydrogen) atoms. The first-order valence-electron chi connectivity index (χ1n) is 18.2. The number of para-hydroxylation sites is 4. The molecule has 2 heterocycles. The lowest BCUT2D eigenvalue weighted by Gasteiger charge is -2.25. The summed E-state index contributed by atoms with van der Waals surface area (Å²) in [4.78, 5) is 5.88. The van der Waals surface area contributed by atoms with Gasteiger partial charge >= 0.3 is 0 Å². The highest BCUT2D eigenvalue weighted by atomic mass is 15.1. The van der Waals surface area contributed by atoms with E-state index in [0.717, 1.165) is 66.9 Å². The van der Waals surface area contributed by atoms with Crippen LogP contribution in [0.3, 0.4) is 0 Å². The van der Waals surface area contributed by atoms with Crippen molar-refractivity contribution in [2.45, 2.75) is 0 Å². The Bertz CT molecular complexity index is 3120. The van der Waals surface area contributed by atoms with Crippen molar-refractivity contribution < 1.29 is 0 Å². The first kappa shape index (κ1) is 31.8. The molecule has 256 valence electrons. The lowest BCUT2D eigenvalue weighted by molar-refractivity contribution is 1.17. The summed E-state index contributed by atoms with van der Waals surface area (Å²) in [6, 6.07) is 67.6. The Balaban J connectivity index is 1.23. The van der Waals surface area contributed by atoms with Gasteiger partial charge in [-0.25, -0.2) is 4.85 Å². The van der Waals surface area contributed by atoms with E-state index >= 15 is 0 Å². The summed E-state index contributed by atoms with van der Waals surface area (Å²) < 4.78 is 4.51. The molecule has 10 rings (SSSR count). The second-order valence-corrected chi connectivity index (χ2v) is 13.6. The van der Waals surface area contributed by atoms with Gasteiger partial charge < -0.3 is 14.0 Å². The average Bonchev–Trinajstić information content (AvgIpc) is 3.76. The molecule has 8 aromatic carbocycles. The lowest BCUT2D eigenvalue weighted by Crippen LogP contribution is -2.09. The van der Waals surface area contributed by atoms with Crippen molar-refractivity contribution >= 4 is 66.4 Å². The Morgan fingerprint density at radius 2 is 1.04 bits per heavy atom. The molecule has 0 radical (unpaired) electrons. The molecule has 5 heteroatoms. The fraction of sp³-hybridized carbons (Fsp3) is 0. The first-order chi connectivity index (χ1) is 27.2. The quantitative estimate of drug-likeness (QED) is 0.162. The molecule has 0 aliphatic heterocycles. The maximum atomic E-state index is 10.3. The summed E-state index contributed by atoms with van der Waals surface area (Å²) in [6.07, 6.45) is 0. The van der Waals surface area contributed by atoms with Crippen molar-refractivity contribution in [1.82, 2.24) is 9.13 Å². The predicted molar refractivity (Wildman–Crippen MR) is 226 cm³/mol. The largest absolute Gasteiger partial charge is 0.310 e. The smallest absolute Gasteiger partial charge is 0.188 e. The van der Waals surface area contributed by atoms with Crippen LogP contribution in [0.25, 0.3) is 71.0 Å². The third-order valence-corrected chi connectivity index (χ3v) is 10.5. The summed E-state index contributed by atoms with van der Waals surface area (Å²) >= 11 is 0. The zero-order valence-electron chi connectivity index (χ0n) is 29.6. The molecule has 0 saturated heterocycles. The summed E-state index contributed by atoms with van der Waals surface area (Å²) in [7, 11) is 0. The molecule has 0 amide bonds. The Kier molecular flexibility index (Phi) is 7.51. The van der Waals surface area contributed by atoms with Gasteiger partial charge in [0.1, 0.15) is 0 Å².